The van der Waals surface area contributed by atoms with E-state index in [2.05, 4.69) is 10.1 Å². The molecule has 0 aliphatic carbocycles. The Morgan fingerprint density at radius 2 is 2.08 bits per heavy atom. The van der Waals surface area contributed by atoms with Crippen molar-refractivity contribution in [1.82, 2.24) is 14.8 Å². The molecule has 1 aromatic carbocycles. The monoisotopic (exact) mass is 376 g/mol. The second-order valence-electron chi connectivity index (χ2n) is 5.22. The van der Waals surface area contributed by atoms with Crippen molar-refractivity contribution in [2.45, 2.75) is 6.92 Å². The predicted octanol–water partition coefficient (Wildman–Crippen LogP) is 4.11. The summed E-state index contributed by atoms with van der Waals surface area (Å²) in [6.45, 7) is 1.79. The Morgan fingerprint density at radius 3 is 2.72 bits per heavy atom. The highest BCUT2D eigenvalue weighted by Crippen LogP contribution is 2.25. The first kappa shape index (κ1) is 17.3. The van der Waals surface area contributed by atoms with Crippen LogP contribution in [-0.4, -0.2) is 27.7 Å². The number of rotatable bonds is 4. The quantitative estimate of drug-likeness (QED) is 0.644. The fourth-order valence-corrected chi connectivity index (χ4v) is 3.14. The standard InChI is InChI=1S/C17H14ClFN4OS/c1-11-14(7-8-15(24)22(2)17-20-9-10-25-17)16(18)23(21-11)13-5-3-12(19)4-6-13/h3-10H,1-2H3/b8-7+. The topological polar surface area (TPSA) is 51.0 Å². The maximum atomic E-state index is 13.1. The Balaban J connectivity index is 1.86. The SMILES string of the molecule is Cc1nn(-c2ccc(F)cc2)c(Cl)c1/C=C/C(=O)N(C)c1nccs1. The smallest absolute Gasteiger partial charge is 0.252 e. The molecule has 0 spiro atoms. The lowest BCUT2D eigenvalue weighted by Crippen LogP contribution is -2.23. The summed E-state index contributed by atoms with van der Waals surface area (Å²) in [5.41, 5.74) is 1.93. The molecule has 0 unspecified atom stereocenters. The van der Waals surface area contributed by atoms with Crippen molar-refractivity contribution in [2.75, 3.05) is 11.9 Å². The zero-order chi connectivity index (χ0) is 18.0. The number of hydrogen-bond acceptors (Lipinski definition) is 4. The van der Waals surface area contributed by atoms with Gasteiger partial charge in [-0.05, 0) is 37.3 Å². The number of carbonyl (C=O) groups is 1. The number of carbonyl (C=O) groups excluding carboxylic acids is 1. The summed E-state index contributed by atoms with van der Waals surface area (Å²) in [5.74, 6) is -0.556. The molecule has 0 saturated heterocycles. The van der Waals surface area contributed by atoms with Crippen LogP contribution < -0.4 is 4.90 Å². The number of hydrogen-bond donors (Lipinski definition) is 0. The van der Waals surface area contributed by atoms with Crippen molar-refractivity contribution in [3.63, 3.8) is 0 Å². The van der Waals surface area contributed by atoms with Gasteiger partial charge in [-0.2, -0.15) is 5.10 Å². The van der Waals surface area contributed by atoms with Crippen molar-refractivity contribution in [3.05, 3.63) is 64.1 Å². The number of amides is 1. The average molecular weight is 377 g/mol. The van der Waals surface area contributed by atoms with Crippen LogP contribution in [0.3, 0.4) is 0 Å². The highest BCUT2D eigenvalue weighted by atomic mass is 35.5. The van der Waals surface area contributed by atoms with Gasteiger partial charge >= 0.3 is 0 Å². The molecule has 0 aliphatic heterocycles. The second kappa shape index (κ2) is 7.16. The zero-order valence-electron chi connectivity index (χ0n) is 13.5. The zero-order valence-corrected chi connectivity index (χ0v) is 15.1. The molecule has 0 atom stereocenters. The molecular formula is C17H14ClFN4OS. The number of benzene rings is 1. The summed E-state index contributed by atoms with van der Waals surface area (Å²) in [6, 6.07) is 5.85. The third kappa shape index (κ3) is 3.62. The van der Waals surface area contributed by atoms with Crippen LogP contribution in [0.25, 0.3) is 11.8 Å². The van der Waals surface area contributed by atoms with Crippen LogP contribution >= 0.6 is 22.9 Å². The number of anilines is 1. The van der Waals surface area contributed by atoms with Gasteiger partial charge in [0.1, 0.15) is 11.0 Å². The maximum absolute atomic E-state index is 13.1. The van der Waals surface area contributed by atoms with Gasteiger partial charge in [0, 0.05) is 30.3 Å². The van der Waals surface area contributed by atoms with E-state index < -0.39 is 0 Å². The lowest BCUT2D eigenvalue weighted by molar-refractivity contribution is -0.113. The van der Waals surface area contributed by atoms with Gasteiger partial charge in [0.15, 0.2) is 5.13 Å². The molecule has 0 fully saturated rings. The highest BCUT2D eigenvalue weighted by Gasteiger charge is 2.14. The van der Waals surface area contributed by atoms with E-state index in [4.69, 9.17) is 11.6 Å². The summed E-state index contributed by atoms with van der Waals surface area (Å²) in [6.07, 6.45) is 4.69. The minimum Gasteiger partial charge on any atom is -0.288 e. The molecule has 1 amide bonds. The third-order valence-electron chi connectivity index (χ3n) is 3.55. The van der Waals surface area contributed by atoms with E-state index in [0.717, 1.165) is 0 Å². The van der Waals surface area contributed by atoms with Crippen LogP contribution in [0.4, 0.5) is 9.52 Å². The first-order chi connectivity index (χ1) is 12.0. The minimum atomic E-state index is -0.334. The summed E-state index contributed by atoms with van der Waals surface area (Å²) in [5, 5.41) is 7.12. The summed E-state index contributed by atoms with van der Waals surface area (Å²) in [4.78, 5) is 17.8. The molecule has 128 valence electrons. The van der Waals surface area contributed by atoms with Crippen molar-refractivity contribution in [1.29, 1.82) is 0 Å². The molecule has 2 aromatic heterocycles. The molecule has 2 heterocycles. The van der Waals surface area contributed by atoms with Gasteiger partial charge in [-0.3, -0.25) is 9.69 Å². The van der Waals surface area contributed by atoms with Gasteiger partial charge in [0.2, 0.25) is 0 Å². The van der Waals surface area contributed by atoms with Gasteiger partial charge < -0.3 is 0 Å². The van der Waals surface area contributed by atoms with E-state index in [1.54, 1.807) is 43.8 Å². The van der Waals surface area contributed by atoms with Crippen LogP contribution in [0.2, 0.25) is 5.15 Å². The number of aryl methyl sites for hydroxylation is 1. The van der Waals surface area contributed by atoms with Crippen LogP contribution in [0.15, 0.2) is 41.9 Å². The molecule has 8 heteroatoms. The van der Waals surface area contributed by atoms with Crippen LogP contribution in [0.1, 0.15) is 11.3 Å². The number of halogens is 2. The van der Waals surface area contributed by atoms with E-state index in [-0.39, 0.29) is 11.7 Å². The molecule has 3 aromatic rings. The Labute approximate surface area is 153 Å². The molecule has 5 nitrogen and oxygen atoms in total. The van der Waals surface area contributed by atoms with Crippen LogP contribution in [0, 0.1) is 12.7 Å². The Bertz CT molecular complexity index is 919. The maximum Gasteiger partial charge on any atom is 0.252 e. The molecule has 0 saturated carbocycles. The van der Waals surface area contributed by atoms with Crippen molar-refractivity contribution < 1.29 is 9.18 Å². The third-order valence-corrected chi connectivity index (χ3v) is 4.76. The average Bonchev–Trinajstić information content (AvgIpc) is 3.22. The summed E-state index contributed by atoms with van der Waals surface area (Å²) in [7, 11) is 1.65. The fourth-order valence-electron chi connectivity index (χ4n) is 2.20. The summed E-state index contributed by atoms with van der Waals surface area (Å²) < 4.78 is 14.6. The molecule has 0 radical (unpaired) electrons. The number of nitrogens with zero attached hydrogens (tertiary/aromatic N) is 4. The molecule has 0 bridgehead atoms. The largest absolute Gasteiger partial charge is 0.288 e. The van der Waals surface area contributed by atoms with E-state index >= 15 is 0 Å². The number of thiazole rings is 1. The van der Waals surface area contributed by atoms with Gasteiger partial charge in [-0.15, -0.1) is 11.3 Å². The summed E-state index contributed by atoms with van der Waals surface area (Å²) >= 11 is 7.76. The molecule has 25 heavy (non-hydrogen) atoms. The van der Waals surface area contributed by atoms with Crippen molar-refractivity contribution >= 4 is 40.1 Å². The first-order valence-corrected chi connectivity index (χ1v) is 8.59. The van der Waals surface area contributed by atoms with Crippen LogP contribution in [0.5, 0.6) is 0 Å². The van der Waals surface area contributed by atoms with E-state index in [1.807, 2.05) is 0 Å². The lowest BCUT2D eigenvalue weighted by Gasteiger charge is -2.10. The van der Waals surface area contributed by atoms with E-state index in [1.165, 1.54) is 39.1 Å². The van der Waals surface area contributed by atoms with Crippen molar-refractivity contribution in [2.24, 2.45) is 0 Å². The molecular weight excluding hydrogens is 363 g/mol. The highest BCUT2D eigenvalue weighted by molar-refractivity contribution is 7.13. The molecule has 3 rings (SSSR count). The Morgan fingerprint density at radius 1 is 1.36 bits per heavy atom. The molecule has 0 aliphatic rings. The normalized spacial score (nSPS) is 11.2. The van der Waals surface area contributed by atoms with Gasteiger partial charge in [-0.1, -0.05) is 11.6 Å². The predicted molar refractivity (Wildman–Crippen MR) is 97.8 cm³/mol. The van der Waals surface area contributed by atoms with Crippen molar-refractivity contribution in [3.8, 4) is 5.69 Å². The Hall–Kier alpha value is -2.51. The van der Waals surface area contributed by atoms with E-state index in [9.17, 15) is 9.18 Å². The fraction of sp³-hybridized carbons (Fsp3) is 0.118. The first-order valence-electron chi connectivity index (χ1n) is 7.33. The van der Waals surface area contributed by atoms with Gasteiger partial charge in [0.25, 0.3) is 5.91 Å². The number of likely N-dealkylation sites (N-methyl/N-ethyl adjacent to an activating group) is 1. The van der Waals surface area contributed by atoms with Crippen LogP contribution in [-0.2, 0) is 4.79 Å². The lowest BCUT2D eigenvalue weighted by atomic mass is 10.2. The molecule has 0 N–H and O–H groups in total. The number of aromatic nitrogens is 3. The van der Waals surface area contributed by atoms with Gasteiger partial charge in [0.05, 0.1) is 11.4 Å². The minimum absolute atomic E-state index is 0.222. The van der Waals surface area contributed by atoms with Gasteiger partial charge in [-0.25, -0.2) is 14.1 Å². The van der Waals surface area contributed by atoms with E-state index in [0.29, 0.717) is 27.2 Å². The Kier molecular flexibility index (Phi) is 4.96. The second-order valence-corrected chi connectivity index (χ2v) is 6.45.